The van der Waals surface area contributed by atoms with E-state index < -0.39 is 52.7 Å². The minimum absolute atomic E-state index is 0.0358. The third kappa shape index (κ3) is 4.38. The van der Waals surface area contributed by atoms with Crippen LogP contribution in [0.25, 0.3) is 0 Å². The van der Waals surface area contributed by atoms with Crippen molar-refractivity contribution >= 4 is 27.4 Å². The highest BCUT2D eigenvalue weighted by molar-refractivity contribution is 7.60. The molecule has 0 spiro atoms. The second-order valence-electron chi connectivity index (χ2n) is 5.57. The van der Waals surface area contributed by atoms with E-state index >= 15 is 0 Å². The number of aromatic nitrogens is 2. The number of hydrogen-bond acceptors (Lipinski definition) is 11. The highest BCUT2D eigenvalue weighted by Crippen LogP contribution is 2.55. The number of amides is 1. The van der Waals surface area contributed by atoms with Crippen LogP contribution >= 0.6 is 15.6 Å². The largest absolute Gasteiger partial charge is 0.756 e. The fourth-order valence-corrected chi connectivity index (χ4v) is 4.17. The number of carbonyl (C=O) groups is 1. The summed E-state index contributed by atoms with van der Waals surface area (Å²) in [5, 5.41) is 25.5. The number of rotatable bonds is 6. The van der Waals surface area contributed by atoms with E-state index in [-0.39, 0.29) is 18.2 Å². The minimum atomic E-state index is -5.55. The third-order valence-corrected chi connectivity index (χ3v) is 5.86. The molecule has 6 N–H and O–H groups in total. The first-order valence-corrected chi connectivity index (χ1v) is 10.3. The van der Waals surface area contributed by atoms with Gasteiger partial charge in [0.15, 0.2) is 11.9 Å². The molecule has 1 fully saturated rings. The maximum Gasteiger partial charge on any atom is 0.478 e. The average molecular weight is 429 g/mol. The highest BCUT2D eigenvalue weighted by Gasteiger charge is 2.46. The minimum Gasteiger partial charge on any atom is -0.756 e. The Bertz CT molecular complexity index is 824. The number of aliphatic hydroxyl groups excluding tert-OH is 2. The van der Waals surface area contributed by atoms with Gasteiger partial charge in [-0.3, -0.25) is 18.5 Å². The van der Waals surface area contributed by atoms with E-state index in [2.05, 4.69) is 24.5 Å². The van der Waals surface area contributed by atoms with Crippen LogP contribution in [-0.2, 0) is 22.7 Å². The molecule has 1 saturated heterocycles. The average Bonchev–Trinajstić information content (AvgIpc) is 3.07. The number of nitrogens with zero attached hydrogens (tertiary/aromatic N) is 2. The zero-order chi connectivity index (χ0) is 20.0. The van der Waals surface area contributed by atoms with Crippen molar-refractivity contribution < 1.29 is 52.4 Å². The van der Waals surface area contributed by atoms with Crippen molar-refractivity contribution in [2.45, 2.75) is 24.5 Å². The molecule has 0 radical (unpaired) electrons. The van der Waals surface area contributed by atoms with E-state index in [1.165, 1.54) is 10.9 Å². The van der Waals surface area contributed by atoms with Crippen LogP contribution in [0.4, 0.5) is 5.82 Å². The number of imidazole rings is 1. The molecule has 2 aliphatic heterocycles. The molecule has 0 saturated carbocycles. The lowest BCUT2D eigenvalue weighted by Crippen LogP contribution is -2.37. The number of aliphatic hydroxyl groups is 2. The Kier molecular flexibility index (Phi) is 5.44. The van der Waals surface area contributed by atoms with Crippen LogP contribution in [0.5, 0.6) is 0 Å². The summed E-state index contributed by atoms with van der Waals surface area (Å²) in [6.45, 7) is -0.760. The maximum atomic E-state index is 11.7. The Morgan fingerprint density at radius 1 is 1.33 bits per heavy atom. The molecule has 2 aliphatic rings. The maximum absolute atomic E-state index is 11.7. The lowest BCUT2D eigenvalue weighted by Gasteiger charge is -2.22. The fraction of sp³-hybridized carbons (Fsp3) is 0.600. The summed E-state index contributed by atoms with van der Waals surface area (Å²) in [4.78, 5) is 43.7. The van der Waals surface area contributed by atoms with Gasteiger partial charge >= 0.3 is 7.82 Å². The summed E-state index contributed by atoms with van der Waals surface area (Å²) in [6.07, 6.45) is -4.55. The smallest absolute Gasteiger partial charge is 0.478 e. The van der Waals surface area contributed by atoms with Gasteiger partial charge < -0.3 is 40.3 Å². The second kappa shape index (κ2) is 7.22. The summed E-state index contributed by atoms with van der Waals surface area (Å²) in [5.74, 6) is -0.236. The van der Waals surface area contributed by atoms with E-state index in [1.807, 2.05) is 0 Å². The zero-order valence-corrected chi connectivity index (χ0v) is 15.0. The Balaban J connectivity index is 1.71. The van der Waals surface area contributed by atoms with Crippen molar-refractivity contribution in [3.8, 4) is 0 Å². The second-order valence-corrected chi connectivity index (χ2v) is 8.35. The van der Waals surface area contributed by atoms with Gasteiger partial charge in [0.25, 0.3) is 13.7 Å². The quantitative estimate of drug-likeness (QED) is 0.252. The van der Waals surface area contributed by atoms with Gasteiger partial charge in [0.2, 0.25) is 0 Å². The van der Waals surface area contributed by atoms with Crippen LogP contribution in [0, 0.1) is 0 Å². The van der Waals surface area contributed by atoms with Gasteiger partial charge in [-0.15, -0.1) is 0 Å². The van der Waals surface area contributed by atoms with Crippen LogP contribution in [0.15, 0.2) is 6.33 Å². The van der Waals surface area contributed by atoms with Gasteiger partial charge in [-0.25, -0.2) is 13.9 Å². The summed E-state index contributed by atoms with van der Waals surface area (Å²) < 4.78 is 36.4. The van der Waals surface area contributed by atoms with Gasteiger partial charge in [-0.2, -0.15) is 0 Å². The molecule has 152 valence electrons. The summed E-state index contributed by atoms with van der Waals surface area (Å²) in [7, 11) is -10.7. The Morgan fingerprint density at radius 3 is 2.70 bits per heavy atom. The van der Waals surface area contributed by atoms with Gasteiger partial charge in [0.1, 0.15) is 24.1 Å². The number of nitrogens with one attached hydrogen (secondary N) is 2. The molecule has 2 unspecified atom stereocenters. The Morgan fingerprint density at radius 2 is 2.04 bits per heavy atom. The predicted octanol–water partition coefficient (Wildman–Crippen LogP) is -2.79. The molecule has 6 atom stereocenters. The van der Waals surface area contributed by atoms with Crippen LogP contribution in [0.1, 0.15) is 16.7 Å². The van der Waals surface area contributed by atoms with E-state index in [9.17, 15) is 33.9 Å². The molecule has 0 aromatic carbocycles. The molecule has 3 rings (SSSR count). The molecular formula is C10H15N4O11P2-. The van der Waals surface area contributed by atoms with Crippen molar-refractivity contribution in [3.05, 3.63) is 12.0 Å². The monoisotopic (exact) mass is 429 g/mol. The number of hydrogen-bond donors (Lipinski definition) is 6. The number of ether oxygens (including phenoxy) is 1. The van der Waals surface area contributed by atoms with Gasteiger partial charge in [0, 0.05) is 0 Å². The van der Waals surface area contributed by atoms with E-state index in [1.54, 1.807) is 0 Å². The Labute approximate surface area is 150 Å². The van der Waals surface area contributed by atoms with Crippen LogP contribution in [-0.4, -0.2) is 67.0 Å². The first-order valence-electron chi connectivity index (χ1n) is 7.31. The number of carbonyl (C=O) groups excluding carboxylic acids is 1. The lowest BCUT2D eigenvalue weighted by molar-refractivity contribution is -0.212. The van der Waals surface area contributed by atoms with Crippen molar-refractivity contribution in [2.75, 3.05) is 18.6 Å². The molecule has 15 nitrogen and oxygen atoms in total. The topological polar surface area (TPSA) is 225 Å². The lowest BCUT2D eigenvalue weighted by atomic mass is 10.1. The molecule has 17 heteroatoms. The zero-order valence-electron chi connectivity index (χ0n) is 13.2. The van der Waals surface area contributed by atoms with E-state index in [4.69, 9.17) is 9.63 Å². The number of phosphoric ester groups is 1. The normalized spacial score (nSPS) is 32.1. The fourth-order valence-electron chi connectivity index (χ4n) is 2.61. The van der Waals surface area contributed by atoms with E-state index in [0.29, 0.717) is 0 Å². The van der Waals surface area contributed by atoms with Crippen LogP contribution in [0.2, 0.25) is 0 Å². The molecular weight excluding hydrogens is 414 g/mol. The summed E-state index contributed by atoms with van der Waals surface area (Å²) in [5.41, 5.74) is 0.0358. The molecule has 1 amide bonds. The molecule has 0 aliphatic carbocycles. The third-order valence-electron chi connectivity index (χ3n) is 3.73. The van der Waals surface area contributed by atoms with Crippen molar-refractivity contribution in [1.82, 2.24) is 14.9 Å². The van der Waals surface area contributed by atoms with Gasteiger partial charge in [-0.1, -0.05) is 0 Å². The molecule has 3 heterocycles. The molecule has 27 heavy (non-hydrogen) atoms. The Hall–Kier alpha value is -1.38. The van der Waals surface area contributed by atoms with Gasteiger partial charge in [0.05, 0.1) is 19.6 Å². The summed E-state index contributed by atoms with van der Waals surface area (Å²) in [6, 6.07) is 0. The van der Waals surface area contributed by atoms with E-state index in [0.717, 1.165) is 0 Å². The van der Waals surface area contributed by atoms with Crippen molar-refractivity contribution in [1.29, 1.82) is 0 Å². The number of phosphoric acid groups is 2. The van der Waals surface area contributed by atoms with Crippen LogP contribution < -0.4 is 15.5 Å². The molecule has 1 aromatic rings. The first-order chi connectivity index (χ1) is 12.5. The SMILES string of the molecule is O=C1NCNc2c1ncn2[C@@H]1O[C@H](COP(=O)(O)OP(=O)([O-])O)[C@@H](O)[C@H]1O. The van der Waals surface area contributed by atoms with Crippen molar-refractivity contribution in [2.24, 2.45) is 0 Å². The predicted molar refractivity (Wildman–Crippen MR) is 80.8 cm³/mol. The molecule has 0 bridgehead atoms. The van der Waals surface area contributed by atoms with Gasteiger partial charge in [-0.05, 0) is 0 Å². The summed E-state index contributed by atoms with van der Waals surface area (Å²) >= 11 is 0. The van der Waals surface area contributed by atoms with Crippen LogP contribution in [0.3, 0.4) is 0 Å². The number of anilines is 1. The van der Waals surface area contributed by atoms with Crippen molar-refractivity contribution in [3.63, 3.8) is 0 Å². The first kappa shape index (κ1) is 20.4. The standard InChI is InChI=1S/C10H16N4O11P2/c15-6-4(1-23-27(21,22)25-26(18,19)20)24-10(7(6)16)14-3-13-5-8(14)11-2-12-9(5)17/h3-4,6-7,10-11,15-16H,1-2H2,(H,12,17)(H,21,22)(H2,18,19,20)/p-1/t4-,6-,7-,10-/m1/s1. The number of fused-ring (bicyclic) bond motifs is 1. The highest BCUT2D eigenvalue weighted by atomic mass is 31.3. The molecule has 1 aromatic heterocycles.